The van der Waals surface area contributed by atoms with Crippen LogP contribution in [0.15, 0.2) is 9.64 Å². The number of alkyl carbamates (subject to hydrolysis) is 1. The number of carbonyl (C=O) groups is 2. The third kappa shape index (κ3) is 7.87. The number of amides is 2. The van der Waals surface area contributed by atoms with Crippen LogP contribution in [0.25, 0.3) is 0 Å². The van der Waals surface area contributed by atoms with Crippen LogP contribution in [0.3, 0.4) is 0 Å². The van der Waals surface area contributed by atoms with E-state index in [-0.39, 0.29) is 16.9 Å². The quantitative estimate of drug-likeness (QED) is 0.728. The summed E-state index contributed by atoms with van der Waals surface area (Å²) >= 11 is 1.06. The number of thioether (sulfide) groups is 1. The largest absolute Gasteiger partial charge is 0.444 e. The molecule has 3 N–H and O–H groups in total. The van der Waals surface area contributed by atoms with Crippen molar-refractivity contribution in [2.45, 2.75) is 57.9 Å². The Bertz CT molecular complexity index is 539. The highest BCUT2D eigenvalue weighted by atomic mass is 32.2. The van der Waals surface area contributed by atoms with Gasteiger partial charge in [-0.3, -0.25) is 4.79 Å². The van der Waals surface area contributed by atoms with E-state index in [1.54, 1.807) is 20.8 Å². The summed E-state index contributed by atoms with van der Waals surface area (Å²) in [5.41, 5.74) is 4.48. The predicted molar refractivity (Wildman–Crippen MR) is 85.8 cm³/mol. The van der Waals surface area contributed by atoms with Gasteiger partial charge in [-0.05, 0) is 33.1 Å². The van der Waals surface area contributed by atoms with Gasteiger partial charge in [0.1, 0.15) is 11.6 Å². The van der Waals surface area contributed by atoms with Crippen LogP contribution in [0.5, 0.6) is 0 Å². The summed E-state index contributed by atoms with van der Waals surface area (Å²) in [6, 6.07) is -0.458. The zero-order chi connectivity index (χ0) is 17.6. The van der Waals surface area contributed by atoms with Crippen molar-refractivity contribution in [3.05, 3.63) is 5.89 Å². The minimum atomic E-state index is -0.593. The van der Waals surface area contributed by atoms with Crippen LogP contribution in [-0.2, 0) is 9.53 Å². The van der Waals surface area contributed by atoms with E-state index in [0.29, 0.717) is 12.3 Å². The highest BCUT2D eigenvalue weighted by Gasteiger charge is 2.25. The van der Waals surface area contributed by atoms with Gasteiger partial charge in [-0.15, -0.1) is 10.2 Å². The Morgan fingerprint density at radius 2 is 2.00 bits per heavy atom. The van der Waals surface area contributed by atoms with E-state index in [4.69, 9.17) is 14.9 Å². The number of hydrogen-bond donors (Lipinski definition) is 2. The molecule has 0 aliphatic heterocycles. The molecule has 0 spiro atoms. The van der Waals surface area contributed by atoms with E-state index in [0.717, 1.165) is 11.8 Å². The molecule has 1 rings (SSSR count). The summed E-state index contributed by atoms with van der Waals surface area (Å²) in [5.74, 6) is 0.149. The Balaban J connectivity index is 2.77. The van der Waals surface area contributed by atoms with Crippen LogP contribution in [0.4, 0.5) is 4.79 Å². The number of rotatable bonds is 7. The summed E-state index contributed by atoms with van der Waals surface area (Å²) in [6.45, 7) is 9.39. The lowest BCUT2D eigenvalue weighted by Crippen LogP contribution is -2.35. The average Bonchev–Trinajstić information content (AvgIpc) is 2.81. The van der Waals surface area contributed by atoms with Crippen molar-refractivity contribution < 1.29 is 18.7 Å². The van der Waals surface area contributed by atoms with Crippen molar-refractivity contribution in [3.63, 3.8) is 0 Å². The minimum absolute atomic E-state index is 0.0516. The third-order valence-corrected chi connectivity index (χ3v) is 3.30. The van der Waals surface area contributed by atoms with Crippen molar-refractivity contribution in [2.24, 2.45) is 11.7 Å². The molecule has 1 aromatic rings. The smallest absolute Gasteiger partial charge is 0.408 e. The molecule has 2 amide bonds. The highest BCUT2D eigenvalue weighted by Crippen LogP contribution is 2.24. The number of primary amides is 1. The van der Waals surface area contributed by atoms with E-state index >= 15 is 0 Å². The molecule has 0 bridgehead atoms. The first-order chi connectivity index (χ1) is 10.6. The molecule has 0 aliphatic rings. The van der Waals surface area contributed by atoms with Crippen molar-refractivity contribution in [3.8, 4) is 0 Å². The Morgan fingerprint density at radius 1 is 1.35 bits per heavy atom. The molecule has 1 atom stereocenters. The number of nitrogens with one attached hydrogen (secondary N) is 1. The lowest BCUT2D eigenvalue weighted by atomic mass is 10.0. The average molecular weight is 344 g/mol. The van der Waals surface area contributed by atoms with Gasteiger partial charge in [0.2, 0.25) is 11.8 Å². The standard InChI is InChI=1S/C14H24N4O4S/c1-8(2)6-9(16-12(20)22-14(3,4)5)11-17-18-13(21-11)23-7-10(15)19/h8-9H,6-7H2,1-5H3,(H2,15,19)(H,16,20)/t9-/m1/s1. The Hall–Kier alpha value is -1.77. The van der Waals surface area contributed by atoms with E-state index in [1.807, 2.05) is 13.8 Å². The molecule has 1 aromatic heterocycles. The maximum Gasteiger partial charge on any atom is 0.408 e. The van der Waals surface area contributed by atoms with Crippen molar-refractivity contribution in [1.82, 2.24) is 15.5 Å². The van der Waals surface area contributed by atoms with E-state index < -0.39 is 23.6 Å². The van der Waals surface area contributed by atoms with E-state index in [9.17, 15) is 9.59 Å². The molecular formula is C14H24N4O4S. The van der Waals surface area contributed by atoms with Crippen LogP contribution < -0.4 is 11.1 Å². The van der Waals surface area contributed by atoms with Gasteiger partial charge in [-0.1, -0.05) is 25.6 Å². The Kier molecular flexibility index (Phi) is 6.86. The molecule has 23 heavy (non-hydrogen) atoms. The number of aromatic nitrogens is 2. The molecule has 1 heterocycles. The molecule has 0 aromatic carbocycles. The molecule has 0 saturated carbocycles. The molecular weight excluding hydrogens is 320 g/mol. The first-order valence-electron chi connectivity index (χ1n) is 7.31. The number of ether oxygens (including phenoxy) is 1. The maximum absolute atomic E-state index is 12.0. The first-order valence-corrected chi connectivity index (χ1v) is 8.29. The third-order valence-electron chi connectivity index (χ3n) is 2.46. The number of carbonyl (C=O) groups excluding carboxylic acids is 2. The number of hydrogen-bond acceptors (Lipinski definition) is 7. The van der Waals surface area contributed by atoms with Crippen LogP contribution in [0.1, 0.15) is 53.0 Å². The van der Waals surface area contributed by atoms with Crippen molar-refractivity contribution in [2.75, 3.05) is 5.75 Å². The zero-order valence-electron chi connectivity index (χ0n) is 14.1. The lowest BCUT2D eigenvalue weighted by Gasteiger charge is -2.22. The summed E-state index contributed by atoms with van der Waals surface area (Å²) in [5, 5.41) is 10.8. The van der Waals surface area contributed by atoms with E-state index in [1.165, 1.54) is 0 Å². The molecule has 8 nitrogen and oxygen atoms in total. The molecule has 0 fully saturated rings. The van der Waals surface area contributed by atoms with Gasteiger partial charge in [-0.25, -0.2) is 4.79 Å². The fourth-order valence-corrected chi connectivity index (χ4v) is 2.20. The van der Waals surface area contributed by atoms with Gasteiger partial charge in [0.15, 0.2) is 0 Å². The Labute approximate surface area is 139 Å². The van der Waals surface area contributed by atoms with Crippen LogP contribution in [0, 0.1) is 5.92 Å². The van der Waals surface area contributed by atoms with Gasteiger partial charge < -0.3 is 20.2 Å². The molecule has 0 radical (unpaired) electrons. The normalized spacial score (nSPS) is 13.0. The van der Waals surface area contributed by atoms with Crippen molar-refractivity contribution in [1.29, 1.82) is 0 Å². The van der Waals surface area contributed by atoms with Gasteiger partial charge in [0.25, 0.3) is 5.22 Å². The van der Waals surface area contributed by atoms with Gasteiger partial charge in [-0.2, -0.15) is 0 Å². The van der Waals surface area contributed by atoms with Gasteiger partial charge in [0.05, 0.1) is 5.75 Å². The molecule has 130 valence electrons. The second-order valence-electron chi connectivity index (χ2n) is 6.49. The summed E-state index contributed by atoms with van der Waals surface area (Å²) in [6.07, 6.45) is 0.0640. The summed E-state index contributed by atoms with van der Waals surface area (Å²) in [7, 11) is 0. The van der Waals surface area contributed by atoms with Crippen LogP contribution in [-0.4, -0.2) is 33.6 Å². The Morgan fingerprint density at radius 3 is 2.52 bits per heavy atom. The molecule has 0 saturated heterocycles. The maximum atomic E-state index is 12.0. The fourth-order valence-electron chi connectivity index (χ4n) is 1.70. The number of nitrogens with zero attached hydrogens (tertiary/aromatic N) is 2. The SMILES string of the molecule is CC(C)C[C@@H](NC(=O)OC(C)(C)C)c1nnc(SCC(N)=O)o1. The van der Waals surface area contributed by atoms with Crippen LogP contribution in [0.2, 0.25) is 0 Å². The topological polar surface area (TPSA) is 120 Å². The summed E-state index contributed by atoms with van der Waals surface area (Å²) < 4.78 is 10.7. The van der Waals surface area contributed by atoms with Crippen molar-refractivity contribution >= 4 is 23.8 Å². The number of nitrogens with two attached hydrogens (primary N) is 1. The second kappa shape index (κ2) is 8.19. The van der Waals surface area contributed by atoms with Gasteiger partial charge >= 0.3 is 6.09 Å². The van der Waals surface area contributed by atoms with Crippen LogP contribution >= 0.6 is 11.8 Å². The highest BCUT2D eigenvalue weighted by molar-refractivity contribution is 7.99. The predicted octanol–water partition coefficient (Wildman–Crippen LogP) is 2.26. The van der Waals surface area contributed by atoms with E-state index in [2.05, 4.69) is 15.5 Å². The molecule has 9 heteroatoms. The lowest BCUT2D eigenvalue weighted by molar-refractivity contribution is -0.115. The fraction of sp³-hybridized carbons (Fsp3) is 0.714. The molecule has 0 unspecified atom stereocenters. The zero-order valence-corrected chi connectivity index (χ0v) is 14.9. The first kappa shape index (κ1) is 19.3. The summed E-state index contributed by atoms with van der Waals surface area (Å²) in [4.78, 5) is 22.7. The monoisotopic (exact) mass is 344 g/mol. The second-order valence-corrected chi connectivity index (χ2v) is 7.42. The van der Waals surface area contributed by atoms with Gasteiger partial charge in [0, 0.05) is 0 Å². The minimum Gasteiger partial charge on any atom is -0.444 e. The molecule has 0 aliphatic carbocycles.